The molecule has 0 fully saturated rings. The molecule has 0 amide bonds. The molecule has 0 saturated carbocycles. The molecule has 1 aliphatic rings. The van der Waals surface area contributed by atoms with Gasteiger partial charge >= 0.3 is 18.1 Å². The molecule has 36 heavy (non-hydrogen) atoms. The maximum atomic E-state index is 13.2. The van der Waals surface area contributed by atoms with E-state index in [2.05, 4.69) is 5.32 Å². The van der Waals surface area contributed by atoms with Crippen LogP contribution in [-0.4, -0.2) is 37.9 Å². The molecule has 1 aliphatic carbocycles. The Hall–Kier alpha value is -3.97. The number of benzene rings is 3. The largest absolute Gasteiger partial charge is 0.516 e. The molecule has 0 bridgehead atoms. The fourth-order valence-electron chi connectivity index (χ4n) is 4.60. The summed E-state index contributed by atoms with van der Waals surface area (Å²) in [7, 11) is 1.24. The van der Waals surface area contributed by atoms with Crippen LogP contribution in [0.1, 0.15) is 37.0 Å². The number of methoxy groups -OCH3 is 1. The molecule has 0 unspecified atom stereocenters. The lowest BCUT2D eigenvalue weighted by Gasteiger charge is -2.36. The number of hydrogen-bond acceptors (Lipinski definition) is 7. The second-order valence-electron chi connectivity index (χ2n) is 9.06. The smallest absolute Gasteiger partial charge is 0.469 e. The van der Waals surface area contributed by atoms with Crippen LogP contribution in [0.4, 0.5) is 4.79 Å². The Morgan fingerprint density at radius 1 is 0.833 bits per heavy atom. The van der Waals surface area contributed by atoms with Crippen molar-refractivity contribution in [1.29, 1.82) is 0 Å². The second kappa shape index (κ2) is 10.7. The van der Waals surface area contributed by atoms with Gasteiger partial charge in [0.2, 0.25) is 0 Å². The van der Waals surface area contributed by atoms with E-state index >= 15 is 0 Å². The third-order valence-corrected chi connectivity index (χ3v) is 6.15. The summed E-state index contributed by atoms with van der Waals surface area (Å²) in [6, 6.07) is 24.3. The minimum Gasteiger partial charge on any atom is -0.469 e. The normalized spacial score (nSPS) is 13.9. The van der Waals surface area contributed by atoms with Crippen LogP contribution in [0.15, 0.2) is 78.9 Å². The van der Waals surface area contributed by atoms with E-state index in [1.807, 2.05) is 92.7 Å². The van der Waals surface area contributed by atoms with Crippen LogP contribution in [0.2, 0.25) is 0 Å². The Labute approximate surface area is 210 Å². The van der Waals surface area contributed by atoms with Gasteiger partial charge in [-0.1, -0.05) is 92.7 Å². The first kappa shape index (κ1) is 25.1. The highest BCUT2D eigenvalue weighted by Crippen LogP contribution is 2.51. The maximum Gasteiger partial charge on any atom is 0.516 e. The van der Waals surface area contributed by atoms with Crippen molar-refractivity contribution in [2.24, 2.45) is 5.92 Å². The summed E-state index contributed by atoms with van der Waals surface area (Å²) in [5.41, 5.74) is 3.72. The highest BCUT2D eigenvalue weighted by Gasteiger charge is 2.47. The molecule has 0 spiro atoms. The average molecular weight is 488 g/mol. The van der Waals surface area contributed by atoms with Crippen molar-refractivity contribution >= 4 is 18.1 Å². The molecule has 186 valence electrons. The number of esters is 2. The van der Waals surface area contributed by atoms with Gasteiger partial charge in [-0.3, -0.25) is 10.1 Å². The number of hydrogen-bond donors (Lipinski definition) is 1. The van der Waals surface area contributed by atoms with Crippen LogP contribution in [0, 0.1) is 5.92 Å². The summed E-state index contributed by atoms with van der Waals surface area (Å²) in [6.45, 7) is 3.85. The molecular formula is C29H29NO6. The summed E-state index contributed by atoms with van der Waals surface area (Å²) in [4.78, 5) is 37.8. The van der Waals surface area contributed by atoms with Crippen LogP contribution in [-0.2, 0) is 29.3 Å². The Balaban J connectivity index is 1.80. The standard InChI is InChI=1S/C29H29NO6/c1-19(2)18-35-28(33)36-27(32)25(17-26(31)34-3)30-29(20-11-5-4-6-12-20)23-15-9-7-13-21(23)22-14-8-10-16-24(22)29/h4-16,19,25,30H,17-18H2,1-3H3/t25-/m1/s1. The van der Waals surface area contributed by atoms with Gasteiger partial charge in [0.1, 0.15) is 6.04 Å². The summed E-state index contributed by atoms with van der Waals surface area (Å²) in [5, 5.41) is 3.41. The first-order valence-electron chi connectivity index (χ1n) is 11.8. The maximum absolute atomic E-state index is 13.2. The van der Waals surface area contributed by atoms with Gasteiger partial charge in [-0.15, -0.1) is 0 Å². The molecule has 7 nitrogen and oxygen atoms in total. The van der Waals surface area contributed by atoms with E-state index < -0.39 is 29.7 Å². The first-order valence-corrected chi connectivity index (χ1v) is 11.8. The predicted molar refractivity (Wildman–Crippen MR) is 134 cm³/mol. The lowest BCUT2D eigenvalue weighted by atomic mass is 9.79. The molecule has 4 rings (SSSR count). The van der Waals surface area contributed by atoms with Gasteiger partial charge in [-0.25, -0.2) is 9.59 Å². The van der Waals surface area contributed by atoms with Gasteiger partial charge in [0.15, 0.2) is 0 Å². The molecule has 1 atom stereocenters. The van der Waals surface area contributed by atoms with Crippen LogP contribution < -0.4 is 5.32 Å². The molecule has 1 N–H and O–H groups in total. The monoisotopic (exact) mass is 487 g/mol. The quantitative estimate of drug-likeness (QED) is 0.360. The van der Waals surface area contributed by atoms with Gasteiger partial charge in [0.05, 0.1) is 25.7 Å². The topological polar surface area (TPSA) is 90.9 Å². The van der Waals surface area contributed by atoms with Gasteiger partial charge in [-0.05, 0) is 33.7 Å². The van der Waals surface area contributed by atoms with Crippen molar-refractivity contribution in [3.05, 3.63) is 95.6 Å². The van der Waals surface area contributed by atoms with Crippen molar-refractivity contribution in [3.8, 4) is 11.1 Å². The minimum atomic E-state index is -1.21. The zero-order valence-electron chi connectivity index (χ0n) is 20.5. The summed E-state index contributed by atoms with van der Waals surface area (Å²) >= 11 is 0. The third kappa shape index (κ3) is 4.88. The van der Waals surface area contributed by atoms with Crippen molar-refractivity contribution in [1.82, 2.24) is 5.32 Å². The third-order valence-electron chi connectivity index (χ3n) is 6.15. The summed E-state index contributed by atoms with van der Waals surface area (Å²) < 4.78 is 14.9. The zero-order valence-corrected chi connectivity index (χ0v) is 20.5. The van der Waals surface area contributed by atoms with Crippen molar-refractivity contribution in [2.45, 2.75) is 31.8 Å². The molecular weight excluding hydrogens is 458 g/mol. The molecule has 0 saturated heterocycles. The van der Waals surface area contributed by atoms with Crippen molar-refractivity contribution in [3.63, 3.8) is 0 Å². The van der Waals surface area contributed by atoms with Crippen LogP contribution >= 0.6 is 0 Å². The molecule has 0 aromatic heterocycles. The van der Waals surface area contributed by atoms with E-state index in [0.717, 1.165) is 27.8 Å². The minimum absolute atomic E-state index is 0.0736. The van der Waals surface area contributed by atoms with Gasteiger partial charge in [0.25, 0.3) is 0 Å². The second-order valence-corrected chi connectivity index (χ2v) is 9.06. The number of carbonyl (C=O) groups excluding carboxylic acids is 3. The predicted octanol–water partition coefficient (Wildman–Crippen LogP) is 4.82. The van der Waals surface area contributed by atoms with Crippen molar-refractivity contribution < 1.29 is 28.6 Å². The summed E-state index contributed by atoms with van der Waals surface area (Å²) in [6.07, 6.45) is -1.45. The van der Waals surface area contributed by atoms with E-state index in [4.69, 9.17) is 14.2 Å². The molecule has 0 heterocycles. The lowest BCUT2D eigenvalue weighted by molar-refractivity contribution is -0.149. The Bertz CT molecular complexity index is 1210. The Morgan fingerprint density at radius 3 is 1.94 bits per heavy atom. The van der Waals surface area contributed by atoms with E-state index in [9.17, 15) is 14.4 Å². The SMILES string of the molecule is COC(=O)C[C@@H](NC1(c2ccccc2)c2ccccc2-c2ccccc21)C(=O)OC(=O)OCC(C)C. The van der Waals surface area contributed by atoms with E-state index in [1.165, 1.54) is 7.11 Å². The highest BCUT2D eigenvalue weighted by atomic mass is 16.7. The average Bonchev–Trinajstić information content (AvgIpc) is 3.18. The van der Waals surface area contributed by atoms with E-state index in [0.29, 0.717) is 0 Å². The summed E-state index contributed by atoms with van der Waals surface area (Å²) in [5.74, 6) is -1.47. The number of ether oxygens (including phenoxy) is 3. The van der Waals surface area contributed by atoms with Gasteiger partial charge in [0, 0.05) is 0 Å². The van der Waals surface area contributed by atoms with Crippen molar-refractivity contribution in [2.75, 3.05) is 13.7 Å². The Kier molecular flexibility index (Phi) is 7.50. The molecule has 3 aromatic carbocycles. The van der Waals surface area contributed by atoms with Crippen LogP contribution in [0.25, 0.3) is 11.1 Å². The molecule has 7 heteroatoms. The lowest BCUT2D eigenvalue weighted by Crippen LogP contribution is -2.53. The zero-order chi connectivity index (χ0) is 25.7. The van der Waals surface area contributed by atoms with Gasteiger partial charge in [-0.2, -0.15) is 0 Å². The fourth-order valence-corrected chi connectivity index (χ4v) is 4.60. The van der Waals surface area contributed by atoms with Crippen LogP contribution in [0.3, 0.4) is 0 Å². The molecule has 0 aliphatic heterocycles. The number of nitrogens with one attached hydrogen (secondary N) is 1. The number of rotatable bonds is 8. The Morgan fingerprint density at radius 2 is 1.39 bits per heavy atom. The van der Waals surface area contributed by atoms with Crippen LogP contribution in [0.5, 0.6) is 0 Å². The van der Waals surface area contributed by atoms with Gasteiger partial charge < -0.3 is 14.2 Å². The van der Waals surface area contributed by atoms with E-state index in [-0.39, 0.29) is 18.9 Å². The number of carbonyl (C=O) groups is 3. The van der Waals surface area contributed by atoms with E-state index in [1.54, 1.807) is 0 Å². The number of fused-ring (bicyclic) bond motifs is 3. The highest BCUT2D eigenvalue weighted by molar-refractivity contribution is 5.90. The first-order chi connectivity index (χ1) is 17.4. The fraction of sp³-hybridized carbons (Fsp3) is 0.276. The molecule has 3 aromatic rings. The molecule has 0 radical (unpaired) electrons.